The van der Waals surface area contributed by atoms with E-state index in [1.807, 2.05) is 30.3 Å². The van der Waals surface area contributed by atoms with Gasteiger partial charge < -0.3 is 10.3 Å². The van der Waals surface area contributed by atoms with Crippen molar-refractivity contribution in [2.45, 2.75) is 17.9 Å². The van der Waals surface area contributed by atoms with Gasteiger partial charge >= 0.3 is 0 Å². The number of benzene rings is 1. The number of aromatic amines is 1. The molecule has 4 aliphatic rings. The molecule has 31 heavy (non-hydrogen) atoms. The van der Waals surface area contributed by atoms with Crippen LogP contribution in [0.2, 0.25) is 0 Å². The van der Waals surface area contributed by atoms with Gasteiger partial charge in [-0.3, -0.25) is 14.5 Å². The summed E-state index contributed by atoms with van der Waals surface area (Å²) in [5, 5.41) is 20.1. The lowest BCUT2D eigenvalue weighted by Crippen LogP contribution is -2.54. The van der Waals surface area contributed by atoms with Crippen molar-refractivity contribution < 1.29 is 9.59 Å². The van der Waals surface area contributed by atoms with Crippen LogP contribution in [-0.2, 0) is 11.2 Å². The SMILES string of the molecule is CN1C(=O)[C@]2(NC(=O)c3nnc(Cc4ccccc4)[nH]3)C3[C@@H](c4cc(C#N)cnc41)[C@H]32. The number of pyridine rings is 1. The number of anilines is 1. The summed E-state index contributed by atoms with van der Waals surface area (Å²) in [6.45, 7) is 0. The minimum absolute atomic E-state index is 0.0232. The van der Waals surface area contributed by atoms with Crippen LogP contribution in [0.4, 0.5) is 5.82 Å². The molecule has 9 nitrogen and oxygen atoms in total. The highest BCUT2D eigenvalue weighted by Crippen LogP contribution is 2.82. The zero-order valence-electron chi connectivity index (χ0n) is 16.5. The van der Waals surface area contributed by atoms with E-state index in [0.29, 0.717) is 23.6 Å². The van der Waals surface area contributed by atoms with E-state index < -0.39 is 11.4 Å². The Balaban J connectivity index is 1.23. The van der Waals surface area contributed by atoms with E-state index in [1.165, 1.54) is 11.1 Å². The van der Waals surface area contributed by atoms with Crippen molar-refractivity contribution >= 4 is 17.6 Å². The van der Waals surface area contributed by atoms with Crippen molar-refractivity contribution in [2.75, 3.05) is 11.9 Å². The second-order valence-corrected chi connectivity index (χ2v) is 8.30. The lowest BCUT2D eigenvalue weighted by Gasteiger charge is -2.25. The maximum absolute atomic E-state index is 13.2. The summed E-state index contributed by atoms with van der Waals surface area (Å²) in [6, 6.07) is 13.7. The smallest absolute Gasteiger partial charge is 0.289 e. The van der Waals surface area contributed by atoms with E-state index in [-0.39, 0.29) is 29.5 Å². The number of nitrogens with one attached hydrogen (secondary N) is 2. The molecule has 2 fully saturated rings. The van der Waals surface area contributed by atoms with Crippen LogP contribution in [0, 0.1) is 23.2 Å². The average Bonchev–Trinajstić information content (AvgIpc) is 3.65. The molecule has 3 aromatic rings. The predicted octanol–water partition coefficient (Wildman–Crippen LogP) is 1.15. The van der Waals surface area contributed by atoms with Gasteiger partial charge in [-0.05, 0) is 17.5 Å². The third kappa shape index (κ3) is 2.39. The second-order valence-electron chi connectivity index (χ2n) is 8.30. The quantitative estimate of drug-likeness (QED) is 0.663. The average molecular weight is 411 g/mol. The topological polar surface area (TPSA) is 128 Å². The van der Waals surface area contributed by atoms with Crippen molar-refractivity contribution in [3.63, 3.8) is 0 Å². The minimum atomic E-state index is -0.934. The second kappa shape index (κ2) is 5.98. The zero-order valence-corrected chi connectivity index (χ0v) is 16.5. The molecule has 0 saturated heterocycles. The molecule has 0 spiro atoms. The molecule has 2 aliphatic heterocycles. The third-order valence-electron chi connectivity index (χ3n) is 6.61. The van der Waals surface area contributed by atoms with Gasteiger partial charge in [-0.1, -0.05) is 30.3 Å². The number of hydrogen-bond donors (Lipinski definition) is 2. The molecule has 2 aromatic heterocycles. The number of rotatable bonds is 4. The highest BCUT2D eigenvalue weighted by molar-refractivity contribution is 6.10. The van der Waals surface area contributed by atoms with Crippen LogP contribution in [0.5, 0.6) is 0 Å². The van der Waals surface area contributed by atoms with Gasteiger partial charge in [0.15, 0.2) is 0 Å². The van der Waals surface area contributed by atoms with E-state index >= 15 is 0 Å². The fourth-order valence-corrected chi connectivity index (χ4v) is 5.04. The van der Waals surface area contributed by atoms with Crippen molar-refractivity contribution in [3.05, 3.63) is 70.9 Å². The number of likely N-dealkylation sites (N-methyl/N-ethyl adjacent to an activating group) is 1. The van der Waals surface area contributed by atoms with Gasteiger partial charge in [-0.2, -0.15) is 5.26 Å². The predicted molar refractivity (Wildman–Crippen MR) is 108 cm³/mol. The van der Waals surface area contributed by atoms with Crippen molar-refractivity contribution in [2.24, 2.45) is 11.8 Å². The molecule has 0 radical (unpaired) electrons. The highest BCUT2D eigenvalue weighted by atomic mass is 16.2. The maximum Gasteiger partial charge on any atom is 0.289 e. The Morgan fingerprint density at radius 3 is 2.81 bits per heavy atom. The Morgan fingerprint density at radius 2 is 2.06 bits per heavy atom. The monoisotopic (exact) mass is 411 g/mol. The molecule has 2 saturated carbocycles. The first-order chi connectivity index (χ1) is 15.0. The minimum Gasteiger partial charge on any atom is -0.334 e. The molecule has 1 unspecified atom stereocenters. The summed E-state index contributed by atoms with van der Waals surface area (Å²) < 4.78 is 0. The number of carbonyl (C=O) groups excluding carboxylic acids is 2. The van der Waals surface area contributed by atoms with Gasteiger partial charge in [0.1, 0.15) is 23.3 Å². The molecule has 2 aliphatic carbocycles. The number of nitrogens with zero attached hydrogens (tertiary/aromatic N) is 5. The van der Waals surface area contributed by atoms with E-state index in [2.05, 4.69) is 31.6 Å². The number of amides is 2. The molecule has 1 aromatic carbocycles. The first-order valence-electron chi connectivity index (χ1n) is 10.0. The molecular formula is C22H17N7O2. The van der Waals surface area contributed by atoms with Gasteiger partial charge in [0.2, 0.25) is 5.82 Å². The number of fused-ring (bicyclic) bond motifs is 1. The van der Waals surface area contributed by atoms with Gasteiger partial charge in [-0.15, -0.1) is 10.2 Å². The number of H-pyrrole nitrogens is 1. The molecule has 9 heteroatoms. The van der Waals surface area contributed by atoms with Crippen LogP contribution >= 0.6 is 0 Å². The first-order valence-corrected chi connectivity index (χ1v) is 10.0. The largest absolute Gasteiger partial charge is 0.334 e. The molecule has 152 valence electrons. The van der Waals surface area contributed by atoms with E-state index in [4.69, 9.17) is 0 Å². The van der Waals surface area contributed by atoms with Crippen molar-refractivity contribution in [1.29, 1.82) is 5.26 Å². The van der Waals surface area contributed by atoms with Gasteiger partial charge in [0, 0.05) is 37.1 Å². The standard InChI is InChI=1S/C22H17N7O2/c1-29-19-13(7-12(9-23)10-24-19)15-16-17(15)22(16,21(29)31)26-20(30)18-25-14(27-28-18)8-11-5-3-2-4-6-11/h2-7,10,15-17H,8H2,1H3,(H,26,30)(H,25,27,28)/t15-,16+,17?,22+/m0/s1. The number of aromatic nitrogens is 4. The van der Waals surface area contributed by atoms with Gasteiger partial charge in [0.25, 0.3) is 11.8 Å². The van der Waals surface area contributed by atoms with E-state index in [0.717, 1.165) is 11.1 Å². The fourth-order valence-electron chi connectivity index (χ4n) is 5.04. The molecule has 2 N–H and O–H groups in total. The third-order valence-corrected chi connectivity index (χ3v) is 6.61. The number of nitriles is 1. The van der Waals surface area contributed by atoms with Crippen molar-refractivity contribution in [1.82, 2.24) is 25.5 Å². The van der Waals surface area contributed by atoms with Crippen LogP contribution in [0.3, 0.4) is 0 Å². The summed E-state index contributed by atoms with van der Waals surface area (Å²) in [5.41, 5.74) is 1.49. The molecule has 4 atom stereocenters. The maximum atomic E-state index is 13.2. The van der Waals surface area contributed by atoms with Crippen LogP contribution < -0.4 is 10.2 Å². The number of hydrogen-bond acceptors (Lipinski definition) is 6. The number of carbonyl (C=O) groups is 2. The highest BCUT2D eigenvalue weighted by Gasteiger charge is 2.90. The van der Waals surface area contributed by atoms with Crippen LogP contribution in [0.1, 0.15) is 39.1 Å². The Labute approximate surface area is 177 Å². The van der Waals surface area contributed by atoms with Gasteiger partial charge in [0.05, 0.1) is 5.56 Å². The summed E-state index contributed by atoms with van der Waals surface area (Å²) in [5.74, 6) is 0.768. The summed E-state index contributed by atoms with van der Waals surface area (Å²) in [4.78, 5) is 34.9. The Morgan fingerprint density at radius 1 is 1.29 bits per heavy atom. The molecule has 2 amide bonds. The molecule has 2 bridgehead atoms. The molecule has 4 heterocycles. The molecular weight excluding hydrogens is 394 g/mol. The fraction of sp³-hybridized carbons (Fsp3) is 0.273. The lowest BCUT2D eigenvalue weighted by atomic mass is 9.92. The summed E-state index contributed by atoms with van der Waals surface area (Å²) in [6.07, 6.45) is 2.00. The lowest BCUT2D eigenvalue weighted by molar-refractivity contribution is -0.122. The van der Waals surface area contributed by atoms with Gasteiger partial charge in [-0.25, -0.2) is 4.98 Å². The first kappa shape index (κ1) is 17.8. The summed E-state index contributed by atoms with van der Waals surface area (Å²) in [7, 11) is 1.65. The van der Waals surface area contributed by atoms with Crippen LogP contribution in [-0.4, -0.2) is 44.6 Å². The summed E-state index contributed by atoms with van der Waals surface area (Å²) >= 11 is 0. The Bertz CT molecular complexity index is 1280. The molecule has 7 rings (SSSR count). The van der Waals surface area contributed by atoms with E-state index in [1.54, 1.807) is 13.1 Å². The van der Waals surface area contributed by atoms with Crippen LogP contribution in [0.15, 0.2) is 42.6 Å². The normalized spacial score (nSPS) is 26.9. The van der Waals surface area contributed by atoms with E-state index in [9.17, 15) is 14.9 Å². The van der Waals surface area contributed by atoms with Crippen LogP contribution in [0.25, 0.3) is 0 Å². The Kier molecular flexibility index (Phi) is 3.43. The Hall–Kier alpha value is -4.06. The van der Waals surface area contributed by atoms with Crippen molar-refractivity contribution in [3.8, 4) is 6.07 Å². The zero-order chi connectivity index (χ0) is 21.3.